The molecule has 0 saturated heterocycles. The molecule has 0 aliphatic rings. The number of methoxy groups -OCH3 is 1. The van der Waals surface area contributed by atoms with Crippen LogP contribution in [0.3, 0.4) is 0 Å². The molecule has 0 spiro atoms. The maximum Gasteiger partial charge on any atom is 0.260 e. The molecule has 0 atom stereocenters. The zero-order valence-electron chi connectivity index (χ0n) is 11.4. The number of nitrogens with one attached hydrogen (secondary N) is 1. The lowest BCUT2D eigenvalue weighted by molar-refractivity contribution is 0.00518. The van der Waals surface area contributed by atoms with E-state index >= 15 is 0 Å². The fourth-order valence-electron chi connectivity index (χ4n) is 1.56. The van der Waals surface area contributed by atoms with Gasteiger partial charge in [0.15, 0.2) is 5.82 Å². The van der Waals surface area contributed by atoms with Gasteiger partial charge in [0.1, 0.15) is 0 Å². The van der Waals surface area contributed by atoms with Crippen LogP contribution in [0.2, 0.25) is 0 Å². The number of hydrogen-bond donors (Lipinski definition) is 2. The van der Waals surface area contributed by atoms with Gasteiger partial charge in [-0.15, -0.1) is 0 Å². The van der Waals surface area contributed by atoms with Crippen LogP contribution >= 0.6 is 0 Å². The van der Waals surface area contributed by atoms with Crippen LogP contribution in [0, 0.1) is 0 Å². The summed E-state index contributed by atoms with van der Waals surface area (Å²) in [6, 6.07) is 0. The molecule has 7 heteroatoms. The van der Waals surface area contributed by atoms with E-state index in [0.29, 0.717) is 24.0 Å². The van der Waals surface area contributed by atoms with Gasteiger partial charge in [-0.25, -0.2) is 10.8 Å². The monoisotopic (exact) mass is 265 g/mol. The van der Waals surface area contributed by atoms with Crippen LogP contribution in [0.5, 0.6) is 5.88 Å². The second-order valence-corrected chi connectivity index (χ2v) is 4.80. The van der Waals surface area contributed by atoms with E-state index in [2.05, 4.69) is 15.4 Å². The highest BCUT2D eigenvalue weighted by atomic mass is 16.5. The number of ether oxygens (including phenoxy) is 2. The Hall–Kier alpha value is -1.86. The van der Waals surface area contributed by atoms with E-state index in [0.717, 1.165) is 6.42 Å². The number of hydrazine groups is 1. The van der Waals surface area contributed by atoms with E-state index in [9.17, 15) is 0 Å². The lowest BCUT2D eigenvalue weighted by Gasteiger charge is -2.22. The summed E-state index contributed by atoms with van der Waals surface area (Å²) in [6.07, 6.45) is 5.99. The second-order valence-electron chi connectivity index (χ2n) is 4.80. The van der Waals surface area contributed by atoms with Crippen LogP contribution in [0.4, 0.5) is 5.82 Å². The minimum atomic E-state index is -0.227. The van der Waals surface area contributed by atoms with Crippen LogP contribution < -0.4 is 16.0 Å². The molecule has 0 bridgehead atoms. The molecule has 0 amide bonds. The van der Waals surface area contributed by atoms with Crippen molar-refractivity contribution in [1.82, 2.24) is 14.4 Å². The number of nitrogens with zero attached hydrogens (tertiary/aromatic N) is 3. The summed E-state index contributed by atoms with van der Waals surface area (Å²) in [4.78, 5) is 8.46. The molecular weight excluding hydrogens is 246 g/mol. The highest BCUT2D eigenvalue weighted by Gasteiger charge is 2.17. The third-order valence-corrected chi connectivity index (χ3v) is 2.99. The highest BCUT2D eigenvalue weighted by molar-refractivity contribution is 5.53. The molecule has 0 unspecified atom stereocenters. The molecule has 0 fully saturated rings. The Labute approximate surface area is 111 Å². The van der Waals surface area contributed by atoms with Crippen molar-refractivity contribution < 1.29 is 9.47 Å². The molecule has 3 N–H and O–H groups in total. The van der Waals surface area contributed by atoms with Gasteiger partial charge in [-0.3, -0.25) is 4.40 Å². The number of fused-ring (bicyclic) bond motifs is 1. The molecule has 0 aliphatic heterocycles. The summed E-state index contributed by atoms with van der Waals surface area (Å²) in [5, 5.41) is 0. The molecule has 0 aliphatic carbocycles. The molecule has 104 valence electrons. The SMILES string of the molecule is COC(C)(C)CCOc1nc(NN)cn2ccnc12. The highest BCUT2D eigenvalue weighted by Crippen LogP contribution is 2.20. The zero-order valence-corrected chi connectivity index (χ0v) is 11.4. The average Bonchev–Trinajstić information content (AvgIpc) is 2.86. The standard InChI is InChI=1S/C12H19N5O2/c1-12(2,18-3)4-7-19-11-10-14-5-6-17(10)8-9(15-11)16-13/h5-6,8,16H,4,7,13H2,1-3H3. The van der Waals surface area contributed by atoms with Crippen molar-refractivity contribution in [2.75, 3.05) is 19.1 Å². The molecule has 2 heterocycles. The summed E-state index contributed by atoms with van der Waals surface area (Å²) < 4.78 is 12.8. The fraction of sp³-hybridized carbons (Fsp3) is 0.500. The Kier molecular flexibility index (Phi) is 3.87. The smallest absolute Gasteiger partial charge is 0.260 e. The van der Waals surface area contributed by atoms with Crippen LogP contribution in [-0.4, -0.2) is 33.7 Å². The summed E-state index contributed by atoms with van der Waals surface area (Å²) >= 11 is 0. The Morgan fingerprint density at radius 2 is 2.26 bits per heavy atom. The second kappa shape index (κ2) is 5.41. The summed E-state index contributed by atoms with van der Waals surface area (Å²) in [5.41, 5.74) is 2.94. The first-order chi connectivity index (χ1) is 9.05. The van der Waals surface area contributed by atoms with Crippen molar-refractivity contribution in [3.63, 3.8) is 0 Å². The van der Waals surface area contributed by atoms with Gasteiger partial charge in [0.05, 0.1) is 18.4 Å². The molecular formula is C12H19N5O2. The van der Waals surface area contributed by atoms with Gasteiger partial charge in [-0.1, -0.05) is 0 Å². The Balaban J connectivity index is 2.13. The summed E-state index contributed by atoms with van der Waals surface area (Å²) in [7, 11) is 1.68. The summed E-state index contributed by atoms with van der Waals surface area (Å²) in [5.74, 6) is 6.35. The molecule has 2 aromatic rings. The van der Waals surface area contributed by atoms with Gasteiger partial charge in [0.25, 0.3) is 5.88 Å². The van der Waals surface area contributed by atoms with Crippen LogP contribution in [0.25, 0.3) is 5.65 Å². The molecule has 2 rings (SSSR count). The number of anilines is 1. The van der Waals surface area contributed by atoms with Gasteiger partial charge in [0, 0.05) is 25.9 Å². The fourth-order valence-corrected chi connectivity index (χ4v) is 1.56. The van der Waals surface area contributed by atoms with E-state index in [4.69, 9.17) is 15.3 Å². The number of hydrogen-bond acceptors (Lipinski definition) is 6. The predicted octanol–water partition coefficient (Wildman–Crippen LogP) is 1.21. The van der Waals surface area contributed by atoms with Crippen LogP contribution in [-0.2, 0) is 4.74 Å². The van der Waals surface area contributed by atoms with Gasteiger partial charge < -0.3 is 14.9 Å². The number of aromatic nitrogens is 3. The van der Waals surface area contributed by atoms with E-state index in [1.165, 1.54) is 0 Å². The van der Waals surface area contributed by atoms with Crippen LogP contribution in [0.15, 0.2) is 18.6 Å². The van der Waals surface area contributed by atoms with Gasteiger partial charge >= 0.3 is 0 Å². The first kappa shape index (κ1) is 13.6. The molecule has 0 saturated carbocycles. The van der Waals surface area contributed by atoms with Crippen molar-refractivity contribution >= 4 is 11.5 Å². The lowest BCUT2D eigenvalue weighted by Crippen LogP contribution is -2.25. The van der Waals surface area contributed by atoms with Gasteiger partial charge in [-0.05, 0) is 13.8 Å². The third-order valence-electron chi connectivity index (χ3n) is 2.99. The Morgan fingerprint density at radius 3 is 2.95 bits per heavy atom. The van der Waals surface area contributed by atoms with Crippen molar-refractivity contribution in [2.24, 2.45) is 5.84 Å². The maximum absolute atomic E-state index is 5.69. The number of nitrogen functional groups attached to an aromatic ring is 1. The normalized spacial score (nSPS) is 11.8. The maximum atomic E-state index is 5.69. The quantitative estimate of drug-likeness (QED) is 0.603. The van der Waals surface area contributed by atoms with Crippen molar-refractivity contribution in [3.05, 3.63) is 18.6 Å². The molecule has 2 aromatic heterocycles. The topological polar surface area (TPSA) is 86.7 Å². The van der Waals surface area contributed by atoms with E-state index in [-0.39, 0.29) is 5.60 Å². The molecule has 0 radical (unpaired) electrons. The van der Waals surface area contributed by atoms with Crippen LogP contribution in [0.1, 0.15) is 20.3 Å². The molecule has 0 aromatic carbocycles. The van der Waals surface area contributed by atoms with Crippen molar-refractivity contribution in [2.45, 2.75) is 25.9 Å². The third kappa shape index (κ3) is 3.12. The number of rotatable bonds is 6. The molecule has 19 heavy (non-hydrogen) atoms. The van der Waals surface area contributed by atoms with Gasteiger partial charge in [0.2, 0.25) is 5.65 Å². The Morgan fingerprint density at radius 1 is 1.47 bits per heavy atom. The average molecular weight is 265 g/mol. The van der Waals surface area contributed by atoms with E-state index < -0.39 is 0 Å². The minimum Gasteiger partial charge on any atom is -0.475 e. The number of nitrogens with two attached hydrogens (primary N) is 1. The van der Waals surface area contributed by atoms with Crippen molar-refractivity contribution in [1.29, 1.82) is 0 Å². The minimum absolute atomic E-state index is 0.227. The molecule has 7 nitrogen and oxygen atoms in total. The van der Waals surface area contributed by atoms with E-state index in [1.54, 1.807) is 23.9 Å². The first-order valence-corrected chi connectivity index (χ1v) is 6.04. The largest absolute Gasteiger partial charge is 0.475 e. The predicted molar refractivity (Wildman–Crippen MR) is 72.0 cm³/mol. The zero-order chi connectivity index (χ0) is 13.9. The number of imidazole rings is 1. The van der Waals surface area contributed by atoms with E-state index in [1.807, 2.05) is 20.0 Å². The van der Waals surface area contributed by atoms with Crippen molar-refractivity contribution in [3.8, 4) is 5.88 Å². The Bertz CT molecular complexity index is 552. The lowest BCUT2D eigenvalue weighted by atomic mass is 10.1. The summed E-state index contributed by atoms with van der Waals surface area (Å²) in [6.45, 7) is 4.50. The van der Waals surface area contributed by atoms with Gasteiger partial charge in [-0.2, -0.15) is 4.98 Å². The first-order valence-electron chi connectivity index (χ1n) is 6.04.